The molecule has 0 saturated carbocycles. The average Bonchev–Trinajstić information content (AvgIpc) is 3.24. The number of pyridine rings is 1. The van der Waals surface area contributed by atoms with Crippen LogP contribution in [0.3, 0.4) is 0 Å². The van der Waals surface area contributed by atoms with Crippen molar-refractivity contribution < 1.29 is 14.3 Å². The summed E-state index contributed by atoms with van der Waals surface area (Å²) in [5, 5.41) is 3.02. The lowest BCUT2D eigenvalue weighted by molar-refractivity contribution is 0.0940. The Morgan fingerprint density at radius 1 is 1.48 bits per heavy atom. The van der Waals surface area contributed by atoms with E-state index in [2.05, 4.69) is 22.1 Å². The first kappa shape index (κ1) is 16.2. The van der Waals surface area contributed by atoms with Crippen LogP contribution in [0, 0.1) is 0 Å². The van der Waals surface area contributed by atoms with Gasteiger partial charge in [0.05, 0.1) is 18.8 Å². The van der Waals surface area contributed by atoms with Gasteiger partial charge in [-0.05, 0) is 32.0 Å². The summed E-state index contributed by atoms with van der Waals surface area (Å²) in [5.41, 5.74) is 0.570. The van der Waals surface area contributed by atoms with Crippen molar-refractivity contribution >= 4 is 5.91 Å². The van der Waals surface area contributed by atoms with Crippen LogP contribution in [0.15, 0.2) is 18.3 Å². The van der Waals surface area contributed by atoms with Gasteiger partial charge in [-0.25, -0.2) is 4.98 Å². The van der Waals surface area contributed by atoms with Crippen LogP contribution in [0.5, 0.6) is 5.88 Å². The molecule has 1 amide bonds. The highest BCUT2D eigenvalue weighted by Crippen LogP contribution is 2.16. The summed E-state index contributed by atoms with van der Waals surface area (Å²) in [5.74, 6) is 0.473. The molecule has 3 rings (SSSR count). The van der Waals surface area contributed by atoms with Crippen LogP contribution in [0.4, 0.5) is 0 Å². The van der Waals surface area contributed by atoms with Crippen molar-refractivity contribution in [2.45, 2.75) is 38.3 Å². The molecule has 2 saturated heterocycles. The van der Waals surface area contributed by atoms with Crippen LogP contribution in [-0.4, -0.2) is 60.8 Å². The number of carbonyl (C=O) groups is 1. The standard InChI is InChI=1S/C17H25N3O3/c1-2-20-8-3-4-14(20)11-19-17(21)13-5-6-16(18-10-13)23-15-7-9-22-12-15/h5-6,10,14-15H,2-4,7-9,11-12H2,1H3,(H,19,21). The maximum absolute atomic E-state index is 12.2. The summed E-state index contributed by atoms with van der Waals surface area (Å²) in [6.45, 7) is 6.39. The number of rotatable bonds is 6. The lowest BCUT2D eigenvalue weighted by Gasteiger charge is -2.22. The van der Waals surface area contributed by atoms with Gasteiger partial charge in [0, 0.05) is 31.3 Å². The zero-order valence-electron chi connectivity index (χ0n) is 13.7. The van der Waals surface area contributed by atoms with E-state index < -0.39 is 0 Å². The number of ether oxygens (including phenoxy) is 2. The molecule has 0 aromatic carbocycles. The minimum Gasteiger partial charge on any atom is -0.472 e. The van der Waals surface area contributed by atoms with E-state index in [1.165, 1.54) is 6.42 Å². The predicted octanol–water partition coefficient (Wildman–Crippen LogP) is 1.46. The number of amides is 1. The van der Waals surface area contributed by atoms with E-state index in [9.17, 15) is 4.79 Å². The van der Waals surface area contributed by atoms with Gasteiger partial charge < -0.3 is 14.8 Å². The van der Waals surface area contributed by atoms with Crippen LogP contribution < -0.4 is 10.1 Å². The fourth-order valence-corrected chi connectivity index (χ4v) is 3.22. The normalized spacial score (nSPS) is 24.7. The van der Waals surface area contributed by atoms with Gasteiger partial charge in [0.1, 0.15) is 6.10 Å². The van der Waals surface area contributed by atoms with E-state index in [0.717, 1.165) is 32.5 Å². The van der Waals surface area contributed by atoms with Crippen molar-refractivity contribution in [1.29, 1.82) is 0 Å². The first-order valence-corrected chi connectivity index (χ1v) is 8.49. The van der Waals surface area contributed by atoms with Crippen LogP contribution in [-0.2, 0) is 4.74 Å². The quantitative estimate of drug-likeness (QED) is 0.860. The molecular weight excluding hydrogens is 294 g/mol. The van der Waals surface area contributed by atoms with E-state index >= 15 is 0 Å². The number of hydrogen-bond acceptors (Lipinski definition) is 5. The number of aromatic nitrogens is 1. The molecule has 2 unspecified atom stereocenters. The Morgan fingerprint density at radius 2 is 2.39 bits per heavy atom. The Balaban J connectivity index is 1.49. The minimum atomic E-state index is -0.0730. The van der Waals surface area contributed by atoms with Gasteiger partial charge in [-0.15, -0.1) is 0 Å². The van der Waals surface area contributed by atoms with Gasteiger partial charge in [-0.1, -0.05) is 6.92 Å². The third-order valence-electron chi connectivity index (χ3n) is 4.58. The molecule has 1 N–H and O–H groups in total. The molecule has 1 aromatic heterocycles. The molecule has 6 nitrogen and oxygen atoms in total. The molecular formula is C17H25N3O3. The average molecular weight is 319 g/mol. The Hall–Kier alpha value is -1.66. The number of carbonyl (C=O) groups excluding carboxylic acids is 1. The van der Waals surface area contributed by atoms with E-state index in [0.29, 0.717) is 30.6 Å². The maximum atomic E-state index is 12.2. The monoisotopic (exact) mass is 319 g/mol. The number of nitrogens with zero attached hydrogens (tertiary/aromatic N) is 2. The van der Waals surface area contributed by atoms with Crippen molar-refractivity contribution in [1.82, 2.24) is 15.2 Å². The summed E-state index contributed by atoms with van der Waals surface area (Å²) in [6, 6.07) is 3.97. The molecule has 3 heterocycles. The second kappa shape index (κ2) is 7.75. The number of likely N-dealkylation sites (tertiary alicyclic amines) is 1. The minimum absolute atomic E-state index is 0.0730. The number of likely N-dealkylation sites (N-methyl/N-ethyl adjacent to an activating group) is 1. The van der Waals surface area contributed by atoms with Crippen LogP contribution in [0.2, 0.25) is 0 Å². The summed E-state index contributed by atoms with van der Waals surface area (Å²) >= 11 is 0. The molecule has 2 aliphatic rings. The first-order chi connectivity index (χ1) is 11.3. The smallest absolute Gasteiger partial charge is 0.252 e. The molecule has 1 aromatic rings. The van der Waals surface area contributed by atoms with Crippen LogP contribution in [0.25, 0.3) is 0 Å². The summed E-state index contributed by atoms with van der Waals surface area (Å²) in [4.78, 5) is 18.9. The summed E-state index contributed by atoms with van der Waals surface area (Å²) < 4.78 is 11.0. The second-order valence-corrected chi connectivity index (χ2v) is 6.12. The Bertz CT molecular complexity index is 514. The largest absolute Gasteiger partial charge is 0.472 e. The second-order valence-electron chi connectivity index (χ2n) is 6.12. The molecule has 2 aliphatic heterocycles. The molecule has 126 valence electrons. The van der Waals surface area contributed by atoms with Crippen molar-refractivity contribution in [3.63, 3.8) is 0 Å². The predicted molar refractivity (Wildman–Crippen MR) is 86.7 cm³/mol. The zero-order valence-corrected chi connectivity index (χ0v) is 13.7. The van der Waals surface area contributed by atoms with Gasteiger partial charge in [0.25, 0.3) is 5.91 Å². The van der Waals surface area contributed by atoms with Crippen molar-refractivity contribution in [3.05, 3.63) is 23.9 Å². The van der Waals surface area contributed by atoms with Crippen molar-refractivity contribution in [3.8, 4) is 5.88 Å². The Morgan fingerprint density at radius 3 is 3.09 bits per heavy atom. The molecule has 0 bridgehead atoms. The van der Waals surface area contributed by atoms with Gasteiger partial charge >= 0.3 is 0 Å². The van der Waals surface area contributed by atoms with E-state index in [-0.39, 0.29) is 12.0 Å². The topological polar surface area (TPSA) is 63.7 Å². The molecule has 2 atom stereocenters. The molecule has 0 radical (unpaired) electrons. The van der Waals surface area contributed by atoms with E-state index in [1.54, 1.807) is 18.3 Å². The maximum Gasteiger partial charge on any atom is 0.252 e. The highest BCUT2D eigenvalue weighted by molar-refractivity contribution is 5.93. The third-order valence-corrected chi connectivity index (χ3v) is 4.58. The molecule has 0 spiro atoms. The summed E-state index contributed by atoms with van der Waals surface area (Å²) in [7, 11) is 0. The van der Waals surface area contributed by atoms with Gasteiger partial charge in [0.2, 0.25) is 5.88 Å². The number of nitrogens with one attached hydrogen (secondary N) is 1. The fraction of sp³-hybridized carbons (Fsp3) is 0.647. The summed E-state index contributed by atoms with van der Waals surface area (Å²) in [6.07, 6.45) is 4.91. The molecule has 23 heavy (non-hydrogen) atoms. The lowest BCUT2D eigenvalue weighted by atomic mass is 10.2. The van der Waals surface area contributed by atoms with E-state index in [4.69, 9.17) is 9.47 Å². The van der Waals surface area contributed by atoms with Crippen molar-refractivity contribution in [2.75, 3.05) is 32.8 Å². The molecule has 0 aliphatic carbocycles. The lowest BCUT2D eigenvalue weighted by Crippen LogP contribution is -2.40. The molecule has 6 heteroatoms. The third kappa shape index (κ3) is 4.20. The zero-order chi connectivity index (χ0) is 16.1. The molecule has 2 fully saturated rings. The highest BCUT2D eigenvalue weighted by atomic mass is 16.5. The Kier molecular flexibility index (Phi) is 5.46. The first-order valence-electron chi connectivity index (χ1n) is 8.49. The van der Waals surface area contributed by atoms with Crippen LogP contribution in [0.1, 0.15) is 36.5 Å². The fourth-order valence-electron chi connectivity index (χ4n) is 3.22. The Labute approximate surface area is 137 Å². The SMILES string of the molecule is CCN1CCCC1CNC(=O)c1ccc(OC2CCOC2)nc1. The van der Waals surface area contributed by atoms with Crippen molar-refractivity contribution in [2.24, 2.45) is 0 Å². The van der Waals surface area contributed by atoms with Gasteiger partial charge in [-0.3, -0.25) is 9.69 Å². The van der Waals surface area contributed by atoms with E-state index in [1.807, 2.05) is 0 Å². The van der Waals surface area contributed by atoms with Crippen LogP contribution >= 0.6 is 0 Å². The van der Waals surface area contributed by atoms with Gasteiger partial charge in [-0.2, -0.15) is 0 Å². The number of hydrogen-bond donors (Lipinski definition) is 1. The highest BCUT2D eigenvalue weighted by Gasteiger charge is 2.23. The van der Waals surface area contributed by atoms with Gasteiger partial charge in [0.15, 0.2) is 0 Å².